The highest BCUT2D eigenvalue weighted by atomic mass is 32.2. The molecule has 9 heteroatoms. The summed E-state index contributed by atoms with van der Waals surface area (Å²) in [5, 5.41) is 2.54. The van der Waals surface area contributed by atoms with E-state index in [2.05, 4.69) is 16.8 Å². The summed E-state index contributed by atoms with van der Waals surface area (Å²) in [7, 11) is -4.07. The average Bonchev–Trinajstić information content (AvgIpc) is 3.30. The van der Waals surface area contributed by atoms with E-state index in [1.165, 1.54) is 0 Å². The highest BCUT2D eigenvalue weighted by Gasteiger charge is 2.17. The molecule has 0 bridgehead atoms. The van der Waals surface area contributed by atoms with Gasteiger partial charge in [0.25, 0.3) is 10.0 Å². The molecule has 0 unspecified atom stereocenters. The molecule has 2 N–H and O–H groups in total. The minimum atomic E-state index is -4.07. The lowest BCUT2D eigenvalue weighted by atomic mass is 10.1. The number of aromatic nitrogens is 2. The van der Waals surface area contributed by atoms with E-state index in [1.54, 1.807) is 0 Å². The van der Waals surface area contributed by atoms with Gasteiger partial charge in [-0.05, 0) is 48.4 Å². The lowest BCUT2D eigenvalue weighted by molar-refractivity contribution is 0.246. The van der Waals surface area contributed by atoms with Gasteiger partial charge >= 0.3 is 6.03 Å². The Balaban J connectivity index is 1.35. The summed E-state index contributed by atoms with van der Waals surface area (Å²) in [6, 6.07) is 21.3. The summed E-state index contributed by atoms with van der Waals surface area (Å²) in [6.07, 6.45) is 3.33. The van der Waals surface area contributed by atoms with Crippen LogP contribution in [0.5, 0.6) is 0 Å². The fraction of sp³-hybridized carbons (Fsp3) is 0.154. The van der Waals surface area contributed by atoms with Gasteiger partial charge in [0.2, 0.25) is 0 Å². The molecule has 2 amide bonds. The number of nitrogens with one attached hydrogen (secondary N) is 2. The van der Waals surface area contributed by atoms with Crippen LogP contribution in [0.2, 0.25) is 0 Å². The fourth-order valence-electron chi connectivity index (χ4n) is 3.61. The first-order valence-electron chi connectivity index (χ1n) is 11.1. The van der Waals surface area contributed by atoms with Crippen molar-refractivity contribution in [2.45, 2.75) is 24.7 Å². The van der Waals surface area contributed by atoms with Crippen molar-refractivity contribution in [3.8, 4) is 16.9 Å². The zero-order valence-corrected chi connectivity index (χ0v) is 19.9. The van der Waals surface area contributed by atoms with E-state index >= 15 is 0 Å². The van der Waals surface area contributed by atoms with E-state index in [9.17, 15) is 17.6 Å². The molecule has 1 heterocycles. The van der Waals surface area contributed by atoms with Gasteiger partial charge in [-0.25, -0.2) is 27.3 Å². The van der Waals surface area contributed by atoms with Crippen molar-refractivity contribution in [2.24, 2.45) is 0 Å². The van der Waals surface area contributed by atoms with E-state index in [-0.39, 0.29) is 11.4 Å². The second-order valence-electron chi connectivity index (χ2n) is 7.86. The summed E-state index contributed by atoms with van der Waals surface area (Å²) in [4.78, 5) is 16.6. The van der Waals surface area contributed by atoms with E-state index < -0.39 is 21.9 Å². The topological polar surface area (TPSA) is 93.1 Å². The normalized spacial score (nSPS) is 11.3. The van der Waals surface area contributed by atoms with Crippen molar-refractivity contribution in [1.82, 2.24) is 19.6 Å². The number of hydrogen-bond donors (Lipinski definition) is 2. The van der Waals surface area contributed by atoms with Gasteiger partial charge in [0.05, 0.1) is 10.6 Å². The Morgan fingerprint density at radius 1 is 0.971 bits per heavy atom. The Morgan fingerprint density at radius 2 is 1.66 bits per heavy atom. The lowest BCUT2D eigenvalue weighted by Gasteiger charge is -2.10. The fourth-order valence-corrected chi connectivity index (χ4v) is 4.54. The molecule has 35 heavy (non-hydrogen) atoms. The number of hydrogen-bond acceptors (Lipinski definition) is 4. The van der Waals surface area contributed by atoms with Crippen LogP contribution in [0.15, 0.2) is 90.0 Å². The zero-order valence-electron chi connectivity index (χ0n) is 19.1. The number of imidazole rings is 1. The Hall–Kier alpha value is -3.98. The molecule has 180 valence electrons. The largest absolute Gasteiger partial charge is 0.337 e. The maximum Gasteiger partial charge on any atom is 0.328 e. The molecular weight excluding hydrogens is 467 g/mol. The molecule has 0 atom stereocenters. The molecular formula is C26H25FN4O3S. The number of nitrogens with zero attached hydrogens (tertiary/aromatic N) is 2. The van der Waals surface area contributed by atoms with Crippen LogP contribution in [0.3, 0.4) is 0 Å². The molecule has 0 spiro atoms. The molecule has 3 aromatic carbocycles. The van der Waals surface area contributed by atoms with E-state index in [0.717, 1.165) is 59.0 Å². The molecule has 0 aliphatic rings. The van der Waals surface area contributed by atoms with Crippen LogP contribution in [-0.2, 0) is 22.9 Å². The Morgan fingerprint density at radius 3 is 2.31 bits per heavy atom. The Bertz CT molecular complexity index is 1400. The quantitative estimate of drug-likeness (QED) is 0.380. The summed E-state index contributed by atoms with van der Waals surface area (Å²) in [5.74, 6) is 0.396. The number of amides is 2. The minimum Gasteiger partial charge on any atom is -0.337 e. The third-order valence-corrected chi connectivity index (χ3v) is 6.78. The minimum absolute atomic E-state index is 0.189. The van der Waals surface area contributed by atoms with Gasteiger partial charge in [-0.2, -0.15) is 0 Å². The first-order valence-corrected chi connectivity index (χ1v) is 12.6. The standard InChI is InChI=1S/C26H25FN4O3S/c1-2-25-29-24(20-6-4-3-5-7-20)18-31(25)22-12-8-19(9-13-22)16-17-28-26(32)30-35(33,34)23-14-10-21(27)11-15-23/h3-15,18H,2,16-17H2,1H3,(H2,28,30,32). The van der Waals surface area contributed by atoms with Crippen LogP contribution in [0.1, 0.15) is 18.3 Å². The van der Waals surface area contributed by atoms with Gasteiger partial charge in [0, 0.05) is 30.4 Å². The molecule has 1 aromatic heterocycles. The molecule has 0 fully saturated rings. The summed E-state index contributed by atoms with van der Waals surface area (Å²) in [6.45, 7) is 2.31. The van der Waals surface area contributed by atoms with E-state index in [1.807, 2.05) is 65.5 Å². The summed E-state index contributed by atoms with van der Waals surface area (Å²) in [5.41, 5.74) is 3.94. The van der Waals surface area contributed by atoms with Gasteiger partial charge in [-0.15, -0.1) is 0 Å². The van der Waals surface area contributed by atoms with Crippen molar-refractivity contribution in [2.75, 3.05) is 6.54 Å². The SMILES string of the molecule is CCc1nc(-c2ccccc2)cn1-c1ccc(CCNC(=O)NS(=O)(=O)c2ccc(F)cc2)cc1. The predicted molar refractivity (Wildman–Crippen MR) is 132 cm³/mol. The van der Waals surface area contributed by atoms with Crippen molar-refractivity contribution in [3.63, 3.8) is 0 Å². The van der Waals surface area contributed by atoms with E-state index in [4.69, 9.17) is 4.98 Å². The van der Waals surface area contributed by atoms with Crippen LogP contribution in [0.4, 0.5) is 9.18 Å². The van der Waals surface area contributed by atoms with Crippen molar-refractivity contribution < 1.29 is 17.6 Å². The molecule has 7 nitrogen and oxygen atoms in total. The van der Waals surface area contributed by atoms with Crippen LogP contribution in [0.25, 0.3) is 16.9 Å². The number of halogens is 1. The van der Waals surface area contributed by atoms with E-state index in [0.29, 0.717) is 6.42 Å². The van der Waals surface area contributed by atoms with Crippen molar-refractivity contribution in [1.29, 1.82) is 0 Å². The predicted octanol–water partition coefficient (Wildman–Crippen LogP) is 4.47. The maximum atomic E-state index is 13.0. The summed E-state index contributed by atoms with van der Waals surface area (Å²) < 4.78 is 41.4. The van der Waals surface area contributed by atoms with Crippen molar-refractivity contribution >= 4 is 16.1 Å². The molecule has 0 aliphatic heterocycles. The maximum absolute atomic E-state index is 13.0. The van der Waals surface area contributed by atoms with Gasteiger partial charge < -0.3 is 9.88 Å². The zero-order chi connectivity index (χ0) is 24.8. The van der Waals surface area contributed by atoms with Crippen LogP contribution >= 0.6 is 0 Å². The van der Waals surface area contributed by atoms with Gasteiger partial charge in [0.1, 0.15) is 11.6 Å². The number of aryl methyl sites for hydroxylation is 1. The Kier molecular flexibility index (Phi) is 7.26. The highest BCUT2D eigenvalue weighted by molar-refractivity contribution is 7.90. The number of carbonyl (C=O) groups excluding carboxylic acids is 1. The third-order valence-electron chi connectivity index (χ3n) is 5.43. The first kappa shape index (κ1) is 24.2. The van der Waals surface area contributed by atoms with Crippen molar-refractivity contribution in [3.05, 3.63) is 102 Å². The lowest BCUT2D eigenvalue weighted by Crippen LogP contribution is -2.40. The number of rotatable bonds is 8. The number of sulfonamides is 1. The smallest absolute Gasteiger partial charge is 0.328 e. The molecule has 0 aliphatic carbocycles. The first-order chi connectivity index (χ1) is 16.9. The van der Waals surface area contributed by atoms with Crippen LogP contribution < -0.4 is 10.0 Å². The molecule has 0 saturated heterocycles. The van der Waals surface area contributed by atoms with Gasteiger partial charge in [-0.3, -0.25) is 0 Å². The second-order valence-corrected chi connectivity index (χ2v) is 9.55. The highest BCUT2D eigenvalue weighted by Crippen LogP contribution is 2.22. The average molecular weight is 493 g/mol. The molecule has 0 saturated carbocycles. The number of benzene rings is 3. The van der Waals surface area contributed by atoms with Gasteiger partial charge in [-0.1, -0.05) is 49.4 Å². The number of urea groups is 1. The number of carbonyl (C=O) groups is 1. The third kappa shape index (κ3) is 5.93. The molecule has 4 aromatic rings. The Labute approximate surface area is 203 Å². The molecule has 4 rings (SSSR count). The summed E-state index contributed by atoms with van der Waals surface area (Å²) >= 11 is 0. The second kappa shape index (κ2) is 10.5. The van der Waals surface area contributed by atoms with Crippen LogP contribution in [0, 0.1) is 5.82 Å². The molecule has 0 radical (unpaired) electrons. The van der Waals surface area contributed by atoms with Crippen LogP contribution in [-0.4, -0.2) is 30.5 Å². The van der Waals surface area contributed by atoms with Gasteiger partial charge in [0.15, 0.2) is 0 Å². The monoisotopic (exact) mass is 492 g/mol.